The number of hydrogen-bond acceptors (Lipinski definition) is 4. The number of aromatic nitrogens is 1. The van der Waals surface area contributed by atoms with Gasteiger partial charge in [-0.1, -0.05) is 42.5 Å². The first kappa shape index (κ1) is 26.4. The van der Waals surface area contributed by atoms with Gasteiger partial charge in [-0.05, 0) is 72.1 Å². The van der Waals surface area contributed by atoms with Crippen LogP contribution in [0.5, 0.6) is 17.2 Å². The van der Waals surface area contributed by atoms with Crippen LogP contribution in [-0.2, 0) is 17.8 Å². The van der Waals surface area contributed by atoms with Crippen LogP contribution >= 0.6 is 0 Å². The second kappa shape index (κ2) is 11.7. The van der Waals surface area contributed by atoms with E-state index in [9.17, 15) is 9.18 Å². The lowest BCUT2D eigenvalue weighted by Gasteiger charge is -2.20. The van der Waals surface area contributed by atoms with Gasteiger partial charge in [0.15, 0.2) is 0 Å². The summed E-state index contributed by atoms with van der Waals surface area (Å²) in [6, 6.07) is 26.4. The van der Waals surface area contributed by atoms with Gasteiger partial charge in [0.1, 0.15) is 29.7 Å². The van der Waals surface area contributed by atoms with E-state index < -0.39 is 0 Å². The zero-order chi connectivity index (χ0) is 28.1. The van der Waals surface area contributed by atoms with Crippen LogP contribution < -0.4 is 14.4 Å². The molecule has 1 aromatic heterocycles. The average molecular weight is 532 g/mol. The summed E-state index contributed by atoms with van der Waals surface area (Å²) in [4.78, 5) is 22.6. The van der Waals surface area contributed by atoms with Gasteiger partial charge in [0, 0.05) is 24.3 Å². The van der Waals surface area contributed by atoms with Crippen molar-refractivity contribution in [2.24, 2.45) is 0 Å². The summed E-state index contributed by atoms with van der Waals surface area (Å²) in [5.41, 5.74) is 4.36. The number of carbonyl (C=O) groups is 1. The van der Waals surface area contributed by atoms with Crippen molar-refractivity contribution in [3.63, 3.8) is 0 Å². The van der Waals surface area contributed by atoms with Gasteiger partial charge in [-0.3, -0.25) is 9.78 Å². The highest BCUT2D eigenvalue weighted by atomic mass is 19.1. The molecule has 4 aromatic carbocycles. The van der Waals surface area contributed by atoms with Gasteiger partial charge in [0.25, 0.3) is 0 Å². The number of carbonyl (C=O) groups excluding carboxylic acids is 1. The van der Waals surface area contributed by atoms with E-state index in [4.69, 9.17) is 16.0 Å². The summed E-state index contributed by atoms with van der Waals surface area (Å²) in [7, 11) is 1.72. The lowest BCUT2D eigenvalue weighted by molar-refractivity contribution is -0.117. The molecule has 40 heavy (non-hydrogen) atoms. The standard InChI is InChI=1S/C33H26FN3O3/c1-22-17-26(13-14-30(22)37(3)33(38)18-23-9-11-25(34)12-10-23)40-31-15-16-36-28-20-32(29(35-2)19-27(28)31)39-21-24-7-5-4-6-8-24/h4-17,19-20H,18,21H2,1,3H3. The smallest absolute Gasteiger partial charge is 0.231 e. The third-order valence-corrected chi connectivity index (χ3v) is 6.54. The van der Waals surface area contributed by atoms with Gasteiger partial charge >= 0.3 is 0 Å². The molecule has 5 rings (SSSR count). The first-order valence-electron chi connectivity index (χ1n) is 12.7. The molecule has 1 amide bonds. The largest absolute Gasteiger partial charge is 0.500 e. The number of pyridine rings is 1. The first-order chi connectivity index (χ1) is 19.4. The summed E-state index contributed by atoms with van der Waals surface area (Å²) >= 11 is 0. The number of rotatable bonds is 8. The molecule has 0 aliphatic rings. The van der Waals surface area contributed by atoms with E-state index in [1.54, 1.807) is 54.5 Å². The fourth-order valence-electron chi connectivity index (χ4n) is 4.39. The zero-order valence-electron chi connectivity index (χ0n) is 22.1. The predicted molar refractivity (Wildman–Crippen MR) is 154 cm³/mol. The molecule has 7 heteroatoms. The summed E-state index contributed by atoms with van der Waals surface area (Å²) in [6.45, 7) is 9.93. The van der Waals surface area contributed by atoms with E-state index in [1.807, 2.05) is 49.4 Å². The van der Waals surface area contributed by atoms with Crippen molar-refractivity contribution in [1.82, 2.24) is 4.98 Å². The van der Waals surface area contributed by atoms with Crippen molar-refractivity contribution in [3.8, 4) is 17.2 Å². The lowest BCUT2D eigenvalue weighted by Crippen LogP contribution is -2.28. The maximum Gasteiger partial charge on any atom is 0.231 e. The highest BCUT2D eigenvalue weighted by Gasteiger charge is 2.16. The van der Waals surface area contributed by atoms with Crippen LogP contribution in [-0.4, -0.2) is 17.9 Å². The molecule has 1 heterocycles. The Bertz CT molecular complexity index is 1710. The zero-order valence-corrected chi connectivity index (χ0v) is 22.1. The number of likely N-dealkylation sites (N-methyl/N-ethyl adjacent to an activating group) is 1. The van der Waals surface area contributed by atoms with Gasteiger partial charge < -0.3 is 14.4 Å². The van der Waals surface area contributed by atoms with Crippen LogP contribution in [0, 0.1) is 19.3 Å². The molecule has 0 N–H and O–H groups in total. The number of ether oxygens (including phenoxy) is 2. The molecule has 0 bridgehead atoms. The van der Waals surface area contributed by atoms with Crippen LogP contribution in [0.15, 0.2) is 97.2 Å². The number of amides is 1. The van der Waals surface area contributed by atoms with Gasteiger partial charge in [-0.25, -0.2) is 9.24 Å². The number of anilines is 1. The summed E-state index contributed by atoms with van der Waals surface area (Å²) in [6.07, 6.45) is 1.82. The van der Waals surface area contributed by atoms with Crippen LogP contribution in [0.25, 0.3) is 15.7 Å². The van der Waals surface area contributed by atoms with Crippen molar-refractivity contribution in [2.75, 3.05) is 11.9 Å². The Labute approximate surface area is 232 Å². The topological polar surface area (TPSA) is 56.0 Å². The highest BCUT2D eigenvalue weighted by Crippen LogP contribution is 2.38. The Morgan fingerprint density at radius 1 is 0.950 bits per heavy atom. The van der Waals surface area contributed by atoms with Crippen molar-refractivity contribution < 1.29 is 18.7 Å². The van der Waals surface area contributed by atoms with Gasteiger partial charge in [0.05, 0.1) is 18.5 Å². The van der Waals surface area contributed by atoms with E-state index in [1.165, 1.54) is 12.1 Å². The number of halogens is 1. The van der Waals surface area contributed by atoms with Gasteiger partial charge in [-0.2, -0.15) is 0 Å². The van der Waals surface area contributed by atoms with Gasteiger partial charge in [-0.15, -0.1) is 0 Å². The Hall–Kier alpha value is -5.22. The molecule has 5 aromatic rings. The van der Waals surface area contributed by atoms with E-state index in [0.29, 0.717) is 40.4 Å². The van der Waals surface area contributed by atoms with Crippen molar-refractivity contribution >= 4 is 28.2 Å². The summed E-state index contributed by atoms with van der Waals surface area (Å²) in [5, 5.41) is 0.689. The maximum absolute atomic E-state index is 13.2. The normalized spacial score (nSPS) is 10.7. The summed E-state index contributed by atoms with van der Waals surface area (Å²) in [5.74, 6) is 1.16. The van der Waals surface area contributed by atoms with Crippen LogP contribution in [0.3, 0.4) is 0 Å². The SMILES string of the molecule is [C-]#[N+]c1cc2c(Oc3ccc(N(C)C(=O)Cc4ccc(F)cc4)c(C)c3)ccnc2cc1OCc1ccccc1. The molecule has 0 saturated heterocycles. The monoisotopic (exact) mass is 531 g/mol. The van der Waals surface area contributed by atoms with Crippen molar-refractivity contribution in [2.45, 2.75) is 20.0 Å². The van der Waals surface area contributed by atoms with Crippen LogP contribution in [0.4, 0.5) is 15.8 Å². The average Bonchev–Trinajstić information content (AvgIpc) is 2.97. The molecule has 0 unspecified atom stereocenters. The van der Waals surface area contributed by atoms with Gasteiger partial charge in [0.2, 0.25) is 11.6 Å². The lowest BCUT2D eigenvalue weighted by atomic mass is 10.1. The number of fused-ring (bicyclic) bond motifs is 1. The highest BCUT2D eigenvalue weighted by molar-refractivity contribution is 5.95. The maximum atomic E-state index is 13.2. The third kappa shape index (κ3) is 5.92. The molecule has 0 fully saturated rings. The van der Waals surface area contributed by atoms with Crippen LogP contribution in [0.2, 0.25) is 0 Å². The Morgan fingerprint density at radius 2 is 1.73 bits per heavy atom. The number of aryl methyl sites for hydroxylation is 1. The molecule has 0 spiro atoms. The van der Waals surface area contributed by atoms with E-state index in [2.05, 4.69) is 9.83 Å². The molecule has 198 valence electrons. The second-order valence-corrected chi connectivity index (χ2v) is 9.34. The minimum absolute atomic E-state index is 0.111. The molecular formula is C33H26FN3O3. The molecule has 0 aliphatic carbocycles. The molecular weight excluding hydrogens is 505 g/mol. The van der Waals surface area contributed by atoms with E-state index in [-0.39, 0.29) is 18.1 Å². The number of benzene rings is 4. The fraction of sp³-hybridized carbons (Fsp3) is 0.121. The third-order valence-electron chi connectivity index (χ3n) is 6.54. The second-order valence-electron chi connectivity index (χ2n) is 9.34. The minimum atomic E-state index is -0.333. The predicted octanol–water partition coefficient (Wildman–Crippen LogP) is 7.81. The van der Waals surface area contributed by atoms with E-state index >= 15 is 0 Å². The molecule has 6 nitrogen and oxygen atoms in total. The number of nitrogens with zero attached hydrogens (tertiary/aromatic N) is 3. The Balaban J connectivity index is 1.34. The quantitative estimate of drug-likeness (QED) is 0.192. The molecule has 0 saturated carbocycles. The Kier molecular flexibility index (Phi) is 7.70. The van der Waals surface area contributed by atoms with Crippen LogP contribution in [0.1, 0.15) is 16.7 Å². The number of hydrogen-bond donors (Lipinski definition) is 0. The summed E-state index contributed by atoms with van der Waals surface area (Å²) < 4.78 is 25.4. The molecule has 0 atom stereocenters. The fourth-order valence-corrected chi connectivity index (χ4v) is 4.39. The van der Waals surface area contributed by atoms with E-state index in [0.717, 1.165) is 22.4 Å². The molecule has 0 aliphatic heterocycles. The first-order valence-corrected chi connectivity index (χ1v) is 12.7. The van der Waals surface area contributed by atoms with Crippen molar-refractivity contribution in [3.05, 3.63) is 131 Å². The molecule has 0 radical (unpaired) electrons. The minimum Gasteiger partial charge on any atom is -0.500 e. The van der Waals surface area contributed by atoms with Crippen molar-refractivity contribution in [1.29, 1.82) is 0 Å². The Morgan fingerprint density at radius 3 is 2.45 bits per heavy atom.